The highest BCUT2D eigenvalue weighted by molar-refractivity contribution is 6.34. The van der Waals surface area contributed by atoms with Crippen LogP contribution in [0.1, 0.15) is 23.3 Å². The highest BCUT2D eigenvalue weighted by Crippen LogP contribution is 2.30. The SMILES string of the molecule is O=C(Nc1cc(N2CCCC2=O)ccc1Cl)c1cc(-c2ccccc2)on1. The van der Waals surface area contributed by atoms with Crippen molar-refractivity contribution in [2.24, 2.45) is 0 Å². The topological polar surface area (TPSA) is 75.4 Å². The zero-order valence-electron chi connectivity index (χ0n) is 14.3. The van der Waals surface area contributed by atoms with Gasteiger partial charge in [0.15, 0.2) is 11.5 Å². The van der Waals surface area contributed by atoms with Gasteiger partial charge in [0.1, 0.15) is 0 Å². The second-order valence-corrected chi connectivity index (χ2v) is 6.62. The highest BCUT2D eigenvalue weighted by atomic mass is 35.5. The molecule has 2 aromatic carbocycles. The van der Waals surface area contributed by atoms with Gasteiger partial charge >= 0.3 is 0 Å². The number of benzene rings is 2. The molecule has 7 heteroatoms. The van der Waals surface area contributed by atoms with Crippen LogP contribution < -0.4 is 10.2 Å². The summed E-state index contributed by atoms with van der Waals surface area (Å²) in [5.74, 6) is 0.134. The quantitative estimate of drug-likeness (QED) is 0.727. The number of carbonyl (C=O) groups excluding carboxylic acids is 2. The third kappa shape index (κ3) is 3.57. The van der Waals surface area contributed by atoms with E-state index in [1.54, 1.807) is 29.2 Å². The van der Waals surface area contributed by atoms with Crippen molar-refractivity contribution in [1.29, 1.82) is 0 Å². The maximum atomic E-state index is 12.5. The van der Waals surface area contributed by atoms with Crippen LogP contribution in [0, 0.1) is 0 Å². The van der Waals surface area contributed by atoms with Crippen LogP contribution in [0.25, 0.3) is 11.3 Å². The summed E-state index contributed by atoms with van der Waals surface area (Å²) in [6.07, 6.45) is 1.36. The van der Waals surface area contributed by atoms with Gasteiger partial charge in [-0.15, -0.1) is 0 Å². The molecule has 4 rings (SSSR count). The van der Waals surface area contributed by atoms with Gasteiger partial charge in [0.2, 0.25) is 5.91 Å². The molecule has 1 aliphatic heterocycles. The lowest BCUT2D eigenvalue weighted by atomic mass is 10.1. The number of anilines is 2. The van der Waals surface area contributed by atoms with Gasteiger partial charge in [0, 0.05) is 30.3 Å². The first-order valence-electron chi connectivity index (χ1n) is 8.55. The lowest BCUT2D eigenvalue weighted by Gasteiger charge is -2.17. The number of aromatic nitrogens is 1. The molecule has 136 valence electrons. The average molecular weight is 382 g/mol. The second kappa shape index (κ2) is 7.25. The molecule has 1 aliphatic rings. The molecule has 6 nitrogen and oxygen atoms in total. The number of halogens is 1. The minimum absolute atomic E-state index is 0.0682. The summed E-state index contributed by atoms with van der Waals surface area (Å²) in [5.41, 5.74) is 2.11. The molecule has 2 heterocycles. The lowest BCUT2D eigenvalue weighted by Crippen LogP contribution is -2.23. The van der Waals surface area contributed by atoms with Crippen molar-refractivity contribution >= 4 is 34.8 Å². The van der Waals surface area contributed by atoms with E-state index in [1.165, 1.54) is 0 Å². The van der Waals surface area contributed by atoms with Crippen molar-refractivity contribution in [3.63, 3.8) is 0 Å². The number of nitrogens with zero attached hydrogens (tertiary/aromatic N) is 2. The van der Waals surface area contributed by atoms with Crippen molar-refractivity contribution in [1.82, 2.24) is 5.16 Å². The first kappa shape index (κ1) is 17.3. The standard InChI is InChI=1S/C20H16ClN3O3/c21-15-9-8-14(24-10-4-7-19(24)25)11-16(15)22-20(26)17-12-18(27-23-17)13-5-2-1-3-6-13/h1-3,5-6,8-9,11-12H,4,7,10H2,(H,22,26). The maximum absolute atomic E-state index is 12.5. The zero-order chi connectivity index (χ0) is 18.8. The summed E-state index contributed by atoms with van der Waals surface area (Å²) in [4.78, 5) is 26.2. The Kier molecular flexibility index (Phi) is 4.64. The van der Waals surface area contributed by atoms with E-state index in [1.807, 2.05) is 30.3 Å². The Balaban J connectivity index is 1.54. The summed E-state index contributed by atoms with van der Waals surface area (Å²) >= 11 is 6.21. The highest BCUT2D eigenvalue weighted by Gasteiger charge is 2.23. The Morgan fingerprint density at radius 1 is 1.15 bits per heavy atom. The van der Waals surface area contributed by atoms with E-state index in [-0.39, 0.29) is 11.6 Å². The van der Waals surface area contributed by atoms with Gasteiger partial charge in [-0.2, -0.15) is 0 Å². The van der Waals surface area contributed by atoms with Crippen LogP contribution in [0.3, 0.4) is 0 Å². The molecule has 1 fully saturated rings. The third-order valence-corrected chi connectivity index (χ3v) is 4.71. The summed E-state index contributed by atoms with van der Waals surface area (Å²) in [6, 6.07) is 16.1. The van der Waals surface area contributed by atoms with E-state index in [0.29, 0.717) is 35.1 Å². The fourth-order valence-electron chi connectivity index (χ4n) is 3.01. The molecule has 2 amide bonds. The molecule has 0 atom stereocenters. The predicted molar refractivity (Wildman–Crippen MR) is 103 cm³/mol. The largest absolute Gasteiger partial charge is 0.355 e. The molecule has 3 aromatic rings. The maximum Gasteiger partial charge on any atom is 0.277 e. The number of rotatable bonds is 4. The van der Waals surface area contributed by atoms with Gasteiger partial charge in [-0.1, -0.05) is 47.1 Å². The summed E-state index contributed by atoms with van der Waals surface area (Å²) in [7, 11) is 0. The molecular weight excluding hydrogens is 366 g/mol. The van der Waals surface area contributed by atoms with E-state index < -0.39 is 5.91 Å². The van der Waals surface area contributed by atoms with E-state index in [2.05, 4.69) is 10.5 Å². The van der Waals surface area contributed by atoms with Gasteiger partial charge < -0.3 is 14.7 Å². The van der Waals surface area contributed by atoms with Crippen LogP contribution in [-0.4, -0.2) is 23.5 Å². The molecular formula is C20H16ClN3O3. The van der Waals surface area contributed by atoms with Crippen LogP contribution in [0.4, 0.5) is 11.4 Å². The van der Waals surface area contributed by atoms with Gasteiger partial charge in [-0.3, -0.25) is 9.59 Å². The number of amides is 2. The van der Waals surface area contributed by atoms with E-state index in [9.17, 15) is 9.59 Å². The molecule has 1 saturated heterocycles. The average Bonchev–Trinajstić information content (AvgIpc) is 3.34. The molecule has 0 spiro atoms. The Morgan fingerprint density at radius 3 is 2.70 bits per heavy atom. The van der Waals surface area contributed by atoms with Gasteiger partial charge in [0.25, 0.3) is 5.91 Å². The third-order valence-electron chi connectivity index (χ3n) is 4.38. The van der Waals surface area contributed by atoms with Crippen molar-refractivity contribution < 1.29 is 14.1 Å². The van der Waals surface area contributed by atoms with Crippen LogP contribution in [0.2, 0.25) is 5.02 Å². The summed E-state index contributed by atoms with van der Waals surface area (Å²) in [5, 5.41) is 6.95. The molecule has 0 saturated carbocycles. The number of hydrogen-bond donors (Lipinski definition) is 1. The minimum Gasteiger partial charge on any atom is -0.355 e. The minimum atomic E-state index is -0.437. The first-order valence-corrected chi connectivity index (χ1v) is 8.93. The zero-order valence-corrected chi connectivity index (χ0v) is 15.1. The fraction of sp³-hybridized carbons (Fsp3) is 0.150. The molecule has 1 N–H and O–H groups in total. The van der Waals surface area contributed by atoms with Crippen LogP contribution >= 0.6 is 11.6 Å². The Bertz CT molecular complexity index is 1000. The predicted octanol–water partition coefficient (Wildman–Crippen LogP) is 4.37. The molecule has 1 aromatic heterocycles. The van der Waals surface area contributed by atoms with Crippen LogP contribution in [-0.2, 0) is 4.79 Å². The lowest BCUT2D eigenvalue weighted by molar-refractivity contribution is -0.117. The van der Waals surface area contributed by atoms with Crippen molar-refractivity contribution in [3.8, 4) is 11.3 Å². The van der Waals surface area contributed by atoms with Crippen molar-refractivity contribution in [3.05, 3.63) is 65.3 Å². The van der Waals surface area contributed by atoms with Gasteiger partial charge in [-0.05, 0) is 24.6 Å². The fourth-order valence-corrected chi connectivity index (χ4v) is 3.17. The molecule has 0 radical (unpaired) electrons. The Morgan fingerprint density at radius 2 is 1.96 bits per heavy atom. The monoisotopic (exact) mass is 381 g/mol. The van der Waals surface area contributed by atoms with E-state index in [0.717, 1.165) is 12.0 Å². The molecule has 0 bridgehead atoms. The molecule has 0 aliphatic carbocycles. The van der Waals surface area contributed by atoms with Gasteiger partial charge in [-0.25, -0.2) is 0 Å². The number of carbonyl (C=O) groups is 2. The first-order chi connectivity index (χ1) is 13.1. The number of nitrogens with one attached hydrogen (secondary N) is 1. The summed E-state index contributed by atoms with van der Waals surface area (Å²) in [6.45, 7) is 0.664. The summed E-state index contributed by atoms with van der Waals surface area (Å²) < 4.78 is 5.26. The Labute approximate surface area is 160 Å². The second-order valence-electron chi connectivity index (χ2n) is 6.21. The van der Waals surface area contributed by atoms with E-state index in [4.69, 9.17) is 16.1 Å². The van der Waals surface area contributed by atoms with Crippen molar-refractivity contribution in [2.75, 3.05) is 16.8 Å². The molecule has 0 unspecified atom stereocenters. The van der Waals surface area contributed by atoms with Crippen LogP contribution in [0.15, 0.2) is 59.1 Å². The van der Waals surface area contributed by atoms with Crippen LogP contribution in [0.5, 0.6) is 0 Å². The van der Waals surface area contributed by atoms with Gasteiger partial charge in [0.05, 0.1) is 10.7 Å². The molecule has 27 heavy (non-hydrogen) atoms. The van der Waals surface area contributed by atoms with E-state index >= 15 is 0 Å². The van der Waals surface area contributed by atoms with Crippen molar-refractivity contribution in [2.45, 2.75) is 12.8 Å². The smallest absolute Gasteiger partial charge is 0.277 e. The Hall–Kier alpha value is -3.12. The normalized spacial score (nSPS) is 13.8. The number of hydrogen-bond acceptors (Lipinski definition) is 4.